The van der Waals surface area contributed by atoms with Gasteiger partial charge in [-0.1, -0.05) is 35.4 Å². The maximum Gasteiger partial charge on any atom is 0.0897 e. The van der Waals surface area contributed by atoms with Crippen LogP contribution in [0.15, 0.2) is 35.4 Å². The lowest BCUT2D eigenvalue weighted by Crippen LogP contribution is -2.15. The molecule has 1 aromatic carbocycles. The Hall–Kier alpha value is -1.51. The van der Waals surface area contributed by atoms with E-state index in [1.807, 2.05) is 30.3 Å². The number of rotatable bonds is 4. The lowest BCUT2D eigenvalue weighted by Gasteiger charge is -2.06. The molecular formula is C10H11N3O. The number of hydrogen-bond acceptors (Lipinski definition) is 2. The van der Waals surface area contributed by atoms with Crippen molar-refractivity contribution in [2.45, 2.75) is 18.6 Å². The Morgan fingerprint density at radius 3 is 2.79 bits per heavy atom. The van der Waals surface area contributed by atoms with Crippen molar-refractivity contribution in [1.29, 1.82) is 0 Å². The summed E-state index contributed by atoms with van der Waals surface area (Å²) < 4.78 is 5.13. The summed E-state index contributed by atoms with van der Waals surface area (Å²) in [4.78, 5) is 2.84. The zero-order valence-electron chi connectivity index (χ0n) is 7.71. The van der Waals surface area contributed by atoms with E-state index < -0.39 is 0 Å². The molecule has 0 radical (unpaired) electrons. The molecule has 1 aliphatic rings. The van der Waals surface area contributed by atoms with Gasteiger partial charge in [-0.3, -0.25) is 0 Å². The zero-order valence-corrected chi connectivity index (χ0v) is 7.71. The Balaban J connectivity index is 2.03. The van der Waals surface area contributed by atoms with E-state index in [1.165, 1.54) is 5.56 Å². The summed E-state index contributed by atoms with van der Waals surface area (Å²) in [6.45, 7) is 0.719. The molecule has 0 aliphatic carbocycles. The van der Waals surface area contributed by atoms with Gasteiger partial charge in [-0.05, 0) is 17.5 Å². The van der Waals surface area contributed by atoms with Gasteiger partial charge in [-0.2, -0.15) is 0 Å². The van der Waals surface area contributed by atoms with Gasteiger partial charge in [0.2, 0.25) is 0 Å². The molecular weight excluding hydrogens is 178 g/mol. The lowest BCUT2D eigenvalue weighted by atomic mass is 10.0. The third-order valence-corrected chi connectivity index (χ3v) is 2.28. The summed E-state index contributed by atoms with van der Waals surface area (Å²) in [6.07, 6.45) is 0.890. The van der Waals surface area contributed by atoms with E-state index in [4.69, 9.17) is 10.3 Å². The van der Waals surface area contributed by atoms with Gasteiger partial charge < -0.3 is 4.74 Å². The Bertz CT molecular complexity index is 342. The van der Waals surface area contributed by atoms with E-state index >= 15 is 0 Å². The second-order valence-electron chi connectivity index (χ2n) is 3.33. The van der Waals surface area contributed by atoms with Crippen LogP contribution in [-0.4, -0.2) is 18.8 Å². The second kappa shape index (κ2) is 4.13. The first-order valence-electron chi connectivity index (χ1n) is 4.60. The van der Waals surface area contributed by atoms with Gasteiger partial charge in [0, 0.05) is 4.91 Å². The Morgan fingerprint density at radius 1 is 1.50 bits per heavy atom. The Kier molecular flexibility index (Phi) is 2.68. The number of azide groups is 1. The van der Waals surface area contributed by atoms with Crippen molar-refractivity contribution < 1.29 is 4.74 Å². The first kappa shape index (κ1) is 9.06. The molecule has 0 bridgehead atoms. The smallest absolute Gasteiger partial charge is 0.0897 e. The molecule has 72 valence electrons. The van der Waals surface area contributed by atoms with Crippen LogP contribution >= 0.6 is 0 Å². The van der Waals surface area contributed by atoms with E-state index in [2.05, 4.69) is 10.0 Å². The highest BCUT2D eigenvalue weighted by molar-refractivity contribution is 5.16. The molecule has 0 N–H and O–H groups in total. The topological polar surface area (TPSA) is 61.3 Å². The molecule has 14 heavy (non-hydrogen) atoms. The summed E-state index contributed by atoms with van der Waals surface area (Å²) in [6, 6.07) is 9.94. The molecule has 1 aliphatic heterocycles. The molecule has 1 heterocycles. The number of ether oxygens (including phenoxy) is 1. The normalized spacial score (nSPS) is 21.0. The van der Waals surface area contributed by atoms with Crippen LogP contribution < -0.4 is 0 Å². The summed E-state index contributed by atoms with van der Waals surface area (Å²) in [7, 11) is 0. The fourth-order valence-corrected chi connectivity index (χ4v) is 1.45. The summed E-state index contributed by atoms with van der Waals surface area (Å²) in [5, 5.41) is 3.74. The summed E-state index contributed by atoms with van der Waals surface area (Å²) in [5.41, 5.74) is 9.58. The van der Waals surface area contributed by atoms with Crippen molar-refractivity contribution in [1.82, 2.24) is 0 Å². The summed E-state index contributed by atoms with van der Waals surface area (Å²) in [5.74, 6) is 0. The van der Waals surface area contributed by atoms with Crippen LogP contribution in [0.2, 0.25) is 0 Å². The molecule has 1 saturated heterocycles. The molecule has 0 saturated carbocycles. The molecule has 2 atom stereocenters. The number of epoxide rings is 1. The molecule has 1 fully saturated rings. The van der Waals surface area contributed by atoms with Gasteiger partial charge in [0.25, 0.3) is 0 Å². The van der Waals surface area contributed by atoms with Crippen LogP contribution in [0.3, 0.4) is 0 Å². The Morgan fingerprint density at radius 2 is 2.21 bits per heavy atom. The predicted molar refractivity (Wildman–Crippen MR) is 52.8 cm³/mol. The third kappa shape index (κ3) is 2.25. The zero-order chi connectivity index (χ0) is 9.80. The molecule has 0 aromatic heterocycles. The van der Waals surface area contributed by atoms with Crippen molar-refractivity contribution in [3.63, 3.8) is 0 Å². The fraction of sp³-hybridized carbons (Fsp3) is 0.400. The van der Waals surface area contributed by atoms with Crippen LogP contribution in [0.25, 0.3) is 10.4 Å². The average Bonchev–Trinajstić information content (AvgIpc) is 3.02. The molecule has 4 heteroatoms. The molecule has 2 rings (SSSR count). The van der Waals surface area contributed by atoms with Crippen molar-refractivity contribution in [2.24, 2.45) is 5.11 Å². The molecule has 0 spiro atoms. The van der Waals surface area contributed by atoms with Crippen molar-refractivity contribution in [3.05, 3.63) is 46.3 Å². The SMILES string of the molecule is [N-]=[N+]=NC(Cc1ccccc1)[C@@H]1CO1. The van der Waals surface area contributed by atoms with Crippen molar-refractivity contribution in [2.75, 3.05) is 6.61 Å². The standard InChI is InChI=1S/C10H11N3O/c11-13-12-9(10-7-14-10)6-8-4-2-1-3-5-8/h1-5,9-10H,6-7H2/t9?,10-/m0/s1. The van der Waals surface area contributed by atoms with Crippen LogP contribution in [0.5, 0.6) is 0 Å². The predicted octanol–water partition coefficient (Wildman–Crippen LogP) is 2.31. The largest absolute Gasteiger partial charge is 0.373 e. The second-order valence-corrected chi connectivity index (χ2v) is 3.33. The van der Waals surface area contributed by atoms with E-state index in [0.717, 1.165) is 13.0 Å². The molecule has 0 amide bonds. The van der Waals surface area contributed by atoms with Crippen LogP contribution in [0.1, 0.15) is 5.56 Å². The van der Waals surface area contributed by atoms with E-state index in [9.17, 15) is 0 Å². The first-order chi connectivity index (χ1) is 6.90. The van der Waals surface area contributed by atoms with Crippen LogP contribution in [0.4, 0.5) is 0 Å². The highest BCUT2D eigenvalue weighted by Gasteiger charge is 2.31. The highest BCUT2D eigenvalue weighted by Crippen LogP contribution is 2.20. The van der Waals surface area contributed by atoms with Gasteiger partial charge in [-0.15, -0.1) is 0 Å². The minimum Gasteiger partial charge on any atom is -0.373 e. The van der Waals surface area contributed by atoms with Gasteiger partial charge in [0.15, 0.2) is 0 Å². The number of hydrogen-bond donors (Lipinski definition) is 0. The lowest BCUT2D eigenvalue weighted by molar-refractivity contribution is 0.371. The number of benzene rings is 1. The minimum atomic E-state index is -0.0533. The Labute approximate surface area is 82.1 Å². The fourth-order valence-electron chi connectivity index (χ4n) is 1.45. The molecule has 1 aromatic rings. The average molecular weight is 189 g/mol. The van der Waals surface area contributed by atoms with Crippen molar-refractivity contribution >= 4 is 0 Å². The molecule has 4 nitrogen and oxygen atoms in total. The maximum atomic E-state index is 8.39. The van der Waals surface area contributed by atoms with Gasteiger partial charge >= 0.3 is 0 Å². The first-order valence-corrected chi connectivity index (χ1v) is 4.60. The van der Waals surface area contributed by atoms with E-state index in [-0.39, 0.29) is 12.1 Å². The van der Waals surface area contributed by atoms with Gasteiger partial charge in [0.05, 0.1) is 18.8 Å². The van der Waals surface area contributed by atoms with E-state index in [0.29, 0.717) is 0 Å². The van der Waals surface area contributed by atoms with Gasteiger partial charge in [-0.25, -0.2) is 0 Å². The maximum absolute atomic E-state index is 8.39. The minimum absolute atomic E-state index is 0.0533. The van der Waals surface area contributed by atoms with E-state index in [1.54, 1.807) is 0 Å². The number of nitrogens with zero attached hydrogens (tertiary/aromatic N) is 3. The quantitative estimate of drug-likeness (QED) is 0.310. The van der Waals surface area contributed by atoms with Gasteiger partial charge in [0.1, 0.15) is 0 Å². The summed E-state index contributed by atoms with van der Waals surface area (Å²) >= 11 is 0. The van der Waals surface area contributed by atoms with Crippen LogP contribution in [-0.2, 0) is 11.2 Å². The monoisotopic (exact) mass is 189 g/mol. The third-order valence-electron chi connectivity index (χ3n) is 2.28. The molecule has 1 unspecified atom stereocenters. The van der Waals surface area contributed by atoms with Crippen LogP contribution in [0, 0.1) is 0 Å². The highest BCUT2D eigenvalue weighted by atomic mass is 16.6. The van der Waals surface area contributed by atoms with Crippen molar-refractivity contribution in [3.8, 4) is 0 Å².